The van der Waals surface area contributed by atoms with Gasteiger partial charge in [-0.2, -0.15) is 0 Å². The Bertz CT molecular complexity index is 898. The Morgan fingerprint density at radius 2 is 1.96 bits per heavy atom. The molecule has 0 aliphatic heterocycles. The zero-order chi connectivity index (χ0) is 18.5. The first-order valence-corrected chi connectivity index (χ1v) is 7.49. The average molecular weight is 363 g/mol. The Kier molecular flexibility index (Phi) is 5.26. The number of carbonyl (C=O) groups is 1. The maximum atomic E-state index is 13.6. The fraction of sp³-hybridized carbons (Fsp3) is 0.176. The van der Waals surface area contributed by atoms with Gasteiger partial charge in [-0.25, -0.2) is 23.1 Å². The summed E-state index contributed by atoms with van der Waals surface area (Å²) in [4.78, 5) is 18.6. The van der Waals surface area contributed by atoms with Gasteiger partial charge in [0.25, 0.3) is 6.43 Å². The highest BCUT2D eigenvalue weighted by atomic mass is 19.3. The molecule has 3 rings (SSSR count). The number of aromatic nitrogens is 3. The molecule has 3 aromatic rings. The van der Waals surface area contributed by atoms with Crippen LogP contribution in [0.3, 0.4) is 0 Å². The summed E-state index contributed by atoms with van der Waals surface area (Å²) in [5, 5.41) is 3.84. The van der Waals surface area contributed by atoms with Gasteiger partial charge < -0.3 is 14.1 Å². The van der Waals surface area contributed by atoms with Crippen LogP contribution in [0.5, 0.6) is 5.75 Å². The molecule has 0 saturated carbocycles. The largest absolute Gasteiger partial charge is 0.484 e. The molecule has 0 unspecified atom stereocenters. The van der Waals surface area contributed by atoms with E-state index in [2.05, 4.69) is 15.1 Å². The highest BCUT2D eigenvalue weighted by Crippen LogP contribution is 2.26. The summed E-state index contributed by atoms with van der Waals surface area (Å²) in [5.74, 6) is 0.173. The highest BCUT2D eigenvalue weighted by Gasteiger charge is 2.13. The molecule has 0 spiro atoms. The molecule has 2 aromatic heterocycles. The van der Waals surface area contributed by atoms with Crippen LogP contribution in [0.1, 0.15) is 5.56 Å². The number of nitrogens with zero attached hydrogens (tertiary/aromatic N) is 3. The number of hydrogen-bond acceptors (Lipinski definition) is 6. The van der Waals surface area contributed by atoms with Crippen molar-refractivity contribution in [2.45, 2.75) is 12.8 Å². The molecule has 0 aliphatic carbocycles. The monoisotopic (exact) mass is 363 g/mol. The lowest BCUT2D eigenvalue weighted by molar-refractivity contribution is -0.107. The van der Waals surface area contributed by atoms with Gasteiger partial charge in [0.2, 0.25) is 0 Å². The molecule has 26 heavy (non-hydrogen) atoms. The topological polar surface area (TPSA) is 78.1 Å². The van der Waals surface area contributed by atoms with Crippen LogP contribution in [-0.4, -0.2) is 34.4 Å². The van der Waals surface area contributed by atoms with Gasteiger partial charge in [-0.1, -0.05) is 5.16 Å². The summed E-state index contributed by atoms with van der Waals surface area (Å²) in [6.07, 6.45) is 0.467. The van der Waals surface area contributed by atoms with E-state index < -0.39 is 18.8 Å². The molecule has 2 heterocycles. The van der Waals surface area contributed by atoms with E-state index in [1.807, 2.05) is 0 Å². The lowest BCUT2D eigenvalue weighted by Crippen LogP contribution is -2.07. The van der Waals surface area contributed by atoms with E-state index in [4.69, 9.17) is 9.26 Å². The van der Waals surface area contributed by atoms with E-state index >= 15 is 0 Å². The Hall–Kier alpha value is -3.23. The summed E-state index contributed by atoms with van der Waals surface area (Å²) in [6.45, 7) is -0.746. The SMILES string of the molecule is O=CCc1cc(-c2cc(-c3ncc(OCC(F)F)cn3)no2)ccc1F. The van der Waals surface area contributed by atoms with Crippen molar-refractivity contribution < 1.29 is 27.2 Å². The van der Waals surface area contributed by atoms with E-state index in [-0.39, 0.29) is 23.6 Å². The van der Waals surface area contributed by atoms with Crippen molar-refractivity contribution in [3.8, 4) is 28.6 Å². The Balaban J connectivity index is 1.79. The molecule has 0 atom stereocenters. The van der Waals surface area contributed by atoms with Crippen LogP contribution in [0.15, 0.2) is 41.2 Å². The summed E-state index contributed by atoms with van der Waals surface area (Å²) >= 11 is 0. The van der Waals surface area contributed by atoms with Gasteiger partial charge in [0.05, 0.1) is 12.4 Å². The van der Waals surface area contributed by atoms with Gasteiger partial charge in [0.15, 0.2) is 23.0 Å². The number of carbonyl (C=O) groups excluding carboxylic acids is 1. The fourth-order valence-corrected chi connectivity index (χ4v) is 2.17. The van der Waals surface area contributed by atoms with E-state index in [1.165, 1.54) is 30.6 Å². The molecule has 0 fully saturated rings. The number of alkyl halides is 2. The molecular weight excluding hydrogens is 351 g/mol. The summed E-state index contributed by atoms with van der Waals surface area (Å²) < 4.78 is 47.8. The summed E-state index contributed by atoms with van der Waals surface area (Å²) in [5.41, 5.74) is 1.09. The molecule has 134 valence electrons. The highest BCUT2D eigenvalue weighted by molar-refractivity contribution is 5.65. The quantitative estimate of drug-likeness (QED) is 0.599. The Morgan fingerprint density at radius 3 is 2.65 bits per heavy atom. The van der Waals surface area contributed by atoms with Crippen molar-refractivity contribution in [1.29, 1.82) is 0 Å². The normalized spacial score (nSPS) is 10.9. The Morgan fingerprint density at radius 1 is 1.19 bits per heavy atom. The van der Waals surface area contributed by atoms with Crippen LogP contribution in [-0.2, 0) is 11.2 Å². The van der Waals surface area contributed by atoms with Crippen molar-refractivity contribution in [2.75, 3.05) is 6.61 Å². The van der Waals surface area contributed by atoms with Crippen LogP contribution in [0.2, 0.25) is 0 Å². The smallest absolute Gasteiger partial charge is 0.272 e. The number of aldehydes is 1. The van der Waals surface area contributed by atoms with E-state index in [0.29, 0.717) is 23.3 Å². The third-order valence-electron chi connectivity index (χ3n) is 3.38. The Labute approximate surface area is 145 Å². The third-order valence-corrected chi connectivity index (χ3v) is 3.38. The number of halogens is 3. The molecule has 1 aromatic carbocycles. The van der Waals surface area contributed by atoms with Crippen molar-refractivity contribution in [3.05, 3.63) is 48.0 Å². The van der Waals surface area contributed by atoms with Crippen LogP contribution < -0.4 is 4.74 Å². The molecule has 0 radical (unpaired) electrons. The second-order valence-corrected chi connectivity index (χ2v) is 5.20. The van der Waals surface area contributed by atoms with Gasteiger partial charge >= 0.3 is 0 Å². The summed E-state index contributed by atoms with van der Waals surface area (Å²) in [7, 11) is 0. The first-order chi connectivity index (χ1) is 12.6. The zero-order valence-electron chi connectivity index (χ0n) is 13.2. The van der Waals surface area contributed by atoms with E-state index in [0.717, 1.165) is 0 Å². The lowest BCUT2D eigenvalue weighted by Gasteiger charge is -2.03. The molecule has 0 saturated heterocycles. The molecule has 0 bridgehead atoms. The number of rotatable bonds is 7. The second kappa shape index (κ2) is 7.77. The van der Waals surface area contributed by atoms with E-state index in [1.54, 1.807) is 6.07 Å². The lowest BCUT2D eigenvalue weighted by atomic mass is 10.1. The van der Waals surface area contributed by atoms with Crippen molar-refractivity contribution in [1.82, 2.24) is 15.1 Å². The predicted molar refractivity (Wildman–Crippen MR) is 84.2 cm³/mol. The minimum absolute atomic E-state index is 0.0517. The van der Waals surface area contributed by atoms with Gasteiger partial charge in [0.1, 0.15) is 18.7 Å². The zero-order valence-corrected chi connectivity index (χ0v) is 13.2. The summed E-state index contributed by atoms with van der Waals surface area (Å²) in [6, 6.07) is 5.78. The maximum Gasteiger partial charge on any atom is 0.272 e. The van der Waals surface area contributed by atoms with Crippen molar-refractivity contribution >= 4 is 6.29 Å². The predicted octanol–water partition coefficient (Wildman–Crippen LogP) is 3.32. The number of hydrogen-bond donors (Lipinski definition) is 0. The van der Waals surface area contributed by atoms with Gasteiger partial charge in [-0.15, -0.1) is 0 Å². The standard InChI is InChI=1S/C17H12F3N3O3/c18-13-2-1-11(5-10(13)3-4-24)15-6-14(23-26-15)17-21-7-12(8-22-17)25-9-16(19)20/h1-2,4-8,16H,3,9H2. The minimum Gasteiger partial charge on any atom is -0.484 e. The van der Waals surface area contributed by atoms with Gasteiger partial charge in [-0.05, 0) is 23.8 Å². The first kappa shape index (κ1) is 17.6. The van der Waals surface area contributed by atoms with Crippen LogP contribution in [0.4, 0.5) is 13.2 Å². The van der Waals surface area contributed by atoms with E-state index in [9.17, 15) is 18.0 Å². The van der Waals surface area contributed by atoms with Crippen molar-refractivity contribution in [2.24, 2.45) is 0 Å². The fourth-order valence-electron chi connectivity index (χ4n) is 2.17. The van der Waals surface area contributed by atoms with Gasteiger partial charge in [0, 0.05) is 18.1 Å². The second-order valence-electron chi connectivity index (χ2n) is 5.20. The van der Waals surface area contributed by atoms with Crippen LogP contribution in [0, 0.1) is 5.82 Å². The minimum atomic E-state index is -2.59. The third kappa shape index (κ3) is 4.05. The molecule has 6 nitrogen and oxygen atoms in total. The van der Waals surface area contributed by atoms with Crippen LogP contribution >= 0.6 is 0 Å². The maximum absolute atomic E-state index is 13.6. The van der Waals surface area contributed by atoms with Crippen LogP contribution in [0.25, 0.3) is 22.8 Å². The van der Waals surface area contributed by atoms with Gasteiger partial charge in [-0.3, -0.25) is 0 Å². The number of benzene rings is 1. The molecular formula is C17H12F3N3O3. The average Bonchev–Trinajstić information content (AvgIpc) is 3.12. The first-order valence-electron chi connectivity index (χ1n) is 7.49. The molecule has 0 amide bonds. The molecule has 9 heteroatoms. The molecule has 0 N–H and O–H groups in total. The van der Waals surface area contributed by atoms with Crippen molar-refractivity contribution in [3.63, 3.8) is 0 Å². The molecule has 0 aliphatic rings. The number of ether oxygens (including phenoxy) is 1.